The molecule has 1 aromatic heterocycles. The monoisotopic (exact) mass is 370 g/mol. The van der Waals surface area contributed by atoms with Crippen LogP contribution in [0.5, 0.6) is 0 Å². The van der Waals surface area contributed by atoms with Gasteiger partial charge in [0.1, 0.15) is 10.0 Å². The van der Waals surface area contributed by atoms with Crippen LogP contribution in [0.15, 0.2) is 30.3 Å². The summed E-state index contributed by atoms with van der Waals surface area (Å²) >= 11 is 1.78. The van der Waals surface area contributed by atoms with Crippen LogP contribution >= 0.6 is 11.3 Å². The van der Waals surface area contributed by atoms with Gasteiger partial charge in [-0.1, -0.05) is 43.2 Å². The van der Waals surface area contributed by atoms with Crippen molar-refractivity contribution in [1.82, 2.24) is 20.4 Å². The fourth-order valence-electron chi connectivity index (χ4n) is 4.00. The van der Waals surface area contributed by atoms with Gasteiger partial charge in [-0.25, -0.2) is 4.79 Å². The van der Waals surface area contributed by atoms with Crippen molar-refractivity contribution in [3.63, 3.8) is 0 Å². The highest BCUT2D eigenvalue weighted by atomic mass is 32.1. The minimum atomic E-state index is 0.0269. The van der Waals surface area contributed by atoms with Crippen LogP contribution in [0, 0.1) is 0 Å². The van der Waals surface area contributed by atoms with Gasteiger partial charge >= 0.3 is 6.03 Å². The van der Waals surface area contributed by atoms with Crippen molar-refractivity contribution < 1.29 is 4.79 Å². The molecule has 26 heavy (non-hydrogen) atoms. The number of rotatable bonds is 4. The third-order valence-electron chi connectivity index (χ3n) is 5.51. The molecule has 2 aromatic rings. The van der Waals surface area contributed by atoms with E-state index < -0.39 is 0 Å². The van der Waals surface area contributed by atoms with Crippen molar-refractivity contribution in [2.45, 2.75) is 56.9 Å². The van der Waals surface area contributed by atoms with Gasteiger partial charge in [-0.2, -0.15) is 0 Å². The van der Waals surface area contributed by atoms with Gasteiger partial charge in [-0.3, -0.25) is 0 Å². The van der Waals surface area contributed by atoms with Crippen molar-refractivity contribution in [3.8, 4) is 0 Å². The molecular weight excluding hydrogens is 344 g/mol. The summed E-state index contributed by atoms with van der Waals surface area (Å²) in [5.74, 6) is 0.953. The maximum absolute atomic E-state index is 12.5. The maximum Gasteiger partial charge on any atom is 0.317 e. The number of piperidine rings is 1. The summed E-state index contributed by atoms with van der Waals surface area (Å²) in [7, 11) is 0. The Labute approximate surface area is 158 Å². The van der Waals surface area contributed by atoms with Crippen molar-refractivity contribution in [2.24, 2.45) is 0 Å². The predicted molar refractivity (Wildman–Crippen MR) is 103 cm³/mol. The van der Waals surface area contributed by atoms with Crippen LogP contribution in [-0.2, 0) is 6.54 Å². The summed E-state index contributed by atoms with van der Waals surface area (Å²) in [4.78, 5) is 14.5. The van der Waals surface area contributed by atoms with Gasteiger partial charge in [0.05, 0.1) is 0 Å². The van der Waals surface area contributed by atoms with Gasteiger partial charge in [-0.15, -0.1) is 21.5 Å². The highest BCUT2D eigenvalue weighted by molar-refractivity contribution is 7.11. The molecular formula is C20H26N4OS. The van der Waals surface area contributed by atoms with Gasteiger partial charge in [0, 0.05) is 31.5 Å². The number of benzene rings is 1. The Morgan fingerprint density at radius 3 is 2.50 bits per heavy atom. The molecule has 6 heteroatoms. The van der Waals surface area contributed by atoms with E-state index in [2.05, 4.69) is 15.5 Å². The average molecular weight is 371 g/mol. The topological polar surface area (TPSA) is 58.1 Å². The fourth-order valence-corrected chi connectivity index (χ4v) is 5.14. The third-order valence-corrected chi connectivity index (χ3v) is 6.75. The summed E-state index contributed by atoms with van der Waals surface area (Å²) in [6, 6.07) is 10.1. The summed E-state index contributed by atoms with van der Waals surface area (Å²) in [5, 5.41) is 14.3. The minimum absolute atomic E-state index is 0.0269. The van der Waals surface area contributed by atoms with E-state index in [1.165, 1.54) is 30.7 Å². The molecule has 5 nitrogen and oxygen atoms in total. The zero-order valence-corrected chi connectivity index (χ0v) is 15.9. The van der Waals surface area contributed by atoms with Crippen LogP contribution in [-0.4, -0.2) is 34.2 Å². The van der Waals surface area contributed by atoms with Crippen molar-refractivity contribution in [1.29, 1.82) is 0 Å². The van der Waals surface area contributed by atoms with Crippen LogP contribution in [0.2, 0.25) is 0 Å². The Morgan fingerprint density at radius 2 is 1.73 bits per heavy atom. The van der Waals surface area contributed by atoms with Crippen LogP contribution < -0.4 is 5.32 Å². The molecule has 2 amide bonds. The molecule has 2 fully saturated rings. The molecule has 1 saturated heterocycles. The molecule has 1 N–H and O–H groups in total. The third kappa shape index (κ3) is 4.06. The average Bonchev–Trinajstić information content (AvgIpc) is 3.38. The zero-order chi connectivity index (χ0) is 17.8. The van der Waals surface area contributed by atoms with Crippen LogP contribution in [0.3, 0.4) is 0 Å². The minimum Gasteiger partial charge on any atom is -0.334 e. The molecule has 2 aliphatic rings. The summed E-state index contributed by atoms with van der Waals surface area (Å²) in [6.07, 6.45) is 7.28. The normalized spacial score (nSPS) is 21.1. The van der Waals surface area contributed by atoms with E-state index in [4.69, 9.17) is 0 Å². The SMILES string of the molecule is O=C(NCc1ccccc1)N1CCCC(c2nnc(C3CCCC3)s2)C1. The Balaban J connectivity index is 1.34. The predicted octanol–water partition coefficient (Wildman–Crippen LogP) is 4.28. The van der Waals surface area contributed by atoms with E-state index in [-0.39, 0.29) is 6.03 Å². The van der Waals surface area contributed by atoms with Crippen molar-refractivity contribution >= 4 is 17.4 Å². The molecule has 4 rings (SSSR count). The first-order chi connectivity index (χ1) is 12.8. The van der Waals surface area contributed by atoms with Crippen LogP contribution in [0.25, 0.3) is 0 Å². The number of aromatic nitrogens is 2. The number of nitrogens with zero attached hydrogens (tertiary/aromatic N) is 3. The second-order valence-electron chi connectivity index (χ2n) is 7.39. The van der Waals surface area contributed by atoms with E-state index in [0.717, 1.165) is 36.5 Å². The quantitative estimate of drug-likeness (QED) is 0.874. The fraction of sp³-hybridized carbons (Fsp3) is 0.550. The van der Waals surface area contributed by atoms with Crippen LogP contribution in [0.1, 0.15) is 65.9 Å². The number of urea groups is 1. The number of carbonyl (C=O) groups is 1. The van der Waals surface area contributed by atoms with E-state index in [9.17, 15) is 4.79 Å². The molecule has 0 radical (unpaired) electrons. The van der Waals surface area contributed by atoms with E-state index in [1.54, 1.807) is 11.3 Å². The molecule has 138 valence electrons. The molecule has 1 atom stereocenters. The van der Waals surface area contributed by atoms with Gasteiger partial charge < -0.3 is 10.2 Å². The summed E-state index contributed by atoms with van der Waals surface area (Å²) in [5.41, 5.74) is 1.12. The Kier molecular flexibility index (Phi) is 5.48. The molecule has 0 spiro atoms. The molecule has 1 aliphatic heterocycles. The maximum atomic E-state index is 12.5. The number of carbonyl (C=O) groups excluding carboxylic acids is 1. The van der Waals surface area contributed by atoms with Crippen molar-refractivity contribution in [2.75, 3.05) is 13.1 Å². The number of hydrogen-bond acceptors (Lipinski definition) is 4. The summed E-state index contributed by atoms with van der Waals surface area (Å²) in [6.45, 7) is 2.15. The highest BCUT2D eigenvalue weighted by Crippen LogP contribution is 2.38. The van der Waals surface area contributed by atoms with E-state index in [1.807, 2.05) is 35.2 Å². The first kappa shape index (κ1) is 17.5. The molecule has 1 saturated carbocycles. The standard InChI is InChI=1S/C20H26N4OS/c25-20(21-13-15-7-2-1-3-8-15)24-12-6-11-17(14-24)19-23-22-18(26-19)16-9-4-5-10-16/h1-3,7-8,16-17H,4-6,9-14H2,(H,21,25). The number of nitrogens with one attached hydrogen (secondary N) is 1. The Morgan fingerprint density at radius 1 is 1.04 bits per heavy atom. The van der Waals surface area contributed by atoms with Gasteiger partial charge in [0.15, 0.2) is 0 Å². The lowest BCUT2D eigenvalue weighted by Gasteiger charge is -2.31. The summed E-state index contributed by atoms with van der Waals surface area (Å²) < 4.78 is 0. The first-order valence-corrected chi connectivity index (χ1v) is 10.5. The second-order valence-corrected chi connectivity index (χ2v) is 8.43. The van der Waals surface area contributed by atoms with Gasteiger partial charge in [0.2, 0.25) is 0 Å². The highest BCUT2D eigenvalue weighted by Gasteiger charge is 2.28. The largest absolute Gasteiger partial charge is 0.334 e. The Bertz CT molecular complexity index is 726. The van der Waals surface area contributed by atoms with Crippen molar-refractivity contribution in [3.05, 3.63) is 45.9 Å². The van der Waals surface area contributed by atoms with E-state index in [0.29, 0.717) is 18.4 Å². The van der Waals surface area contributed by atoms with Gasteiger partial charge in [-0.05, 0) is 31.2 Å². The lowest BCUT2D eigenvalue weighted by molar-refractivity contribution is 0.179. The number of amides is 2. The molecule has 2 heterocycles. The lowest BCUT2D eigenvalue weighted by atomic mass is 9.99. The zero-order valence-electron chi connectivity index (χ0n) is 15.1. The van der Waals surface area contributed by atoms with Crippen LogP contribution in [0.4, 0.5) is 4.79 Å². The molecule has 1 aliphatic carbocycles. The molecule has 1 aromatic carbocycles. The molecule has 1 unspecified atom stereocenters. The number of hydrogen-bond donors (Lipinski definition) is 1. The van der Waals surface area contributed by atoms with E-state index >= 15 is 0 Å². The lowest BCUT2D eigenvalue weighted by Crippen LogP contribution is -2.44. The Hall–Kier alpha value is -1.95. The molecule has 0 bridgehead atoms. The number of likely N-dealkylation sites (tertiary alicyclic amines) is 1. The second kappa shape index (κ2) is 8.16. The smallest absolute Gasteiger partial charge is 0.317 e. The van der Waals surface area contributed by atoms with Gasteiger partial charge in [0.25, 0.3) is 0 Å². The first-order valence-electron chi connectivity index (χ1n) is 9.69.